The molecule has 0 aromatic heterocycles. The molecule has 0 bridgehead atoms. The first-order chi connectivity index (χ1) is 14.1. The predicted molar refractivity (Wildman–Crippen MR) is 112 cm³/mol. The molecule has 6 heteroatoms. The van der Waals surface area contributed by atoms with Crippen molar-refractivity contribution in [3.63, 3.8) is 0 Å². The fourth-order valence-electron chi connectivity index (χ4n) is 3.45. The molecule has 1 aliphatic rings. The summed E-state index contributed by atoms with van der Waals surface area (Å²) in [5.41, 5.74) is 2.16. The first-order valence-electron chi connectivity index (χ1n) is 10.2. The number of rotatable bonds is 7. The molecule has 0 spiro atoms. The summed E-state index contributed by atoms with van der Waals surface area (Å²) >= 11 is 0. The Bertz CT molecular complexity index is 782. The van der Waals surface area contributed by atoms with Gasteiger partial charge in [-0.1, -0.05) is 60.7 Å². The molecule has 2 aromatic carbocycles. The van der Waals surface area contributed by atoms with Gasteiger partial charge in [0.25, 0.3) is 0 Å². The van der Waals surface area contributed by atoms with Gasteiger partial charge in [0.05, 0.1) is 18.8 Å². The van der Waals surface area contributed by atoms with Crippen molar-refractivity contribution in [2.45, 2.75) is 25.5 Å². The van der Waals surface area contributed by atoms with Gasteiger partial charge in [-0.15, -0.1) is 0 Å². The van der Waals surface area contributed by atoms with Gasteiger partial charge in [-0.2, -0.15) is 0 Å². The number of nitrogens with one attached hydrogen (secondary N) is 2. The first kappa shape index (κ1) is 21.0. The normalized spacial score (nSPS) is 18.0. The van der Waals surface area contributed by atoms with Crippen LogP contribution in [-0.2, 0) is 14.3 Å². The van der Waals surface area contributed by atoms with E-state index in [0.29, 0.717) is 13.2 Å². The molecular formula is C23H29N3O3. The zero-order valence-corrected chi connectivity index (χ0v) is 16.8. The minimum Gasteiger partial charge on any atom is -0.371 e. The Balaban J connectivity index is 1.35. The molecule has 0 unspecified atom stereocenters. The van der Waals surface area contributed by atoms with E-state index in [9.17, 15) is 9.59 Å². The molecule has 2 amide bonds. The molecule has 6 nitrogen and oxygen atoms in total. The third-order valence-corrected chi connectivity index (χ3v) is 5.11. The van der Waals surface area contributed by atoms with Crippen molar-refractivity contribution < 1.29 is 14.3 Å². The summed E-state index contributed by atoms with van der Waals surface area (Å²) < 4.78 is 5.88. The summed E-state index contributed by atoms with van der Waals surface area (Å²) in [5.74, 6) is -1.19. The summed E-state index contributed by atoms with van der Waals surface area (Å²) in [7, 11) is 0. The SMILES string of the molecule is C[C@@H](NC(=O)C(=O)NCCCN1CCO[C@@H](c2ccccc2)C1)c1ccccc1. The number of ether oxygens (including phenoxy) is 1. The predicted octanol–water partition coefficient (Wildman–Crippen LogP) is 2.44. The van der Waals surface area contributed by atoms with Crippen LogP contribution in [0.4, 0.5) is 0 Å². The van der Waals surface area contributed by atoms with Crippen LogP contribution in [0.1, 0.15) is 36.6 Å². The average Bonchev–Trinajstić information content (AvgIpc) is 2.78. The monoisotopic (exact) mass is 395 g/mol. The smallest absolute Gasteiger partial charge is 0.309 e. The zero-order chi connectivity index (χ0) is 20.5. The van der Waals surface area contributed by atoms with E-state index in [4.69, 9.17) is 4.74 Å². The Kier molecular flexibility index (Phi) is 7.78. The van der Waals surface area contributed by atoms with Crippen molar-refractivity contribution in [1.82, 2.24) is 15.5 Å². The van der Waals surface area contributed by atoms with E-state index in [1.807, 2.05) is 55.5 Å². The fraction of sp³-hybridized carbons (Fsp3) is 0.391. The van der Waals surface area contributed by atoms with Crippen LogP contribution in [0.25, 0.3) is 0 Å². The lowest BCUT2D eigenvalue weighted by molar-refractivity contribution is -0.139. The molecule has 1 heterocycles. The highest BCUT2D eigenvalue weighted by molar-refractivity contribution is 6.35. The average molecular weight is 396 g/mol. The summed E-state index contributed by atoms with van der Waals surface area (Å²) in [5, 5.41) is 5.45. The summed E-state index contributed by atoms with van der Waals surface area (Å²) in [4.78, 5) is 26.5. The molecule has 0 aliphatic carbocycles. The van der Waals surface area contributed by atoms with Crippen molar-refractivity contribution in [2.75, 3.05) is 32.8 Å². The molecule has 1 aliphatic heterocycles. The van der Waals surface area contributed by atoms with Crippen LogP contribution in [0.2, 0.25) is 0 Å². The van der Waals surface area contributed by atoms with Crippen LogP contribution >= 0.6 is 0 Å². The van der Waals surface area contributed by atoms with E-state index in [0.717, 1.165) is 31.6 Å². The number of carbonyl (C=O) groups excluding carboxylic acids is 2. The molecule has 29 heavy (non-hydrogen) atoms. The number of morpholine rings is 1. The molecule has 0 radical (unpaired) electrons. The van der Waals surface area contributed by atoms with Gasteiger partial charge >= 0.3 is 11.8 Å². The number of hydrogen-bond acceptors (Lipinski definition) is 4. The van der Waals surface area contributed by atoms with Crippen LogP contribution in [0.5, 0.6) is 0 Å². The van der Waals surface area contributed by atoms with Crippen molar-refractivity contribution in [2.24, 2.45) is 0 Å². The van der Waals surface area contributed by atoms with Crippen molar-refractivity contribution in [3.8, 4) is 0 Å². The lowest BCUT2D eigenvalue weighted by Crippen LogP contribution is -2.43. The van der Waals surface area contributed by atoms with Gasteiger partial charge in [0.2, 0.25) is 0 Å². The second-order valence-electron chi connectivity index (χ2n) is 7.29. The zero-order valence-electron chi connectivity index (χ0n) is 16.8. The number of benzene rings is 2. The van der Waals surface area contributed by atoms with Gasteiger partial charge in [0.1, 0.15) is 0 Å². The van der Waals surface area contributed by atoms with Gasteiger partial charge in [0.15, 0.2) is 0 Å². The van der Waals surface area contributed by atoms with Crippen LogP contribution in [0.3, 0.4) is 0 Å². The third-order valence-electron chi connectivity index (χ3n) is 5.11. The van der Waals surface area contributed by atoms with Crippen molar-refractivity contribution in [3.05, 3.63) is 71.8 Å². The summed E-state index contributed by atoms with van der Waals surface area (Å²) in [6, 6.07) is 19.6. The van der Waals surface area contributed by atoms with E-state index in [1.54, 1.807) is 0 Å². The standard InChI is InChI=1S/C23H29N3O3/c1-18(19-9-4-2-5-10-19)25-23(28)22(27)24-13-8-14-26-15-16-29-21(17-26)20-11-6-3-7-12-20/h2-7,9-12,18,21H,8,13-17H2,1H3,(H,24,27)(H,25,28)/t18-,21-/m1/s1. The van der Waals surface area contributed by atoms with E-state index in [1.165, 1.54) is 5.56 Å². The van der Waals surface area contributed by atoms with E-state index in [-0.39, 0.29) is 12.1 Å². The lowest BCUT2D eigenvalue weighted by Gasteiger charge is -2.33. The fourth-order valence-corrected chi connectivity index (χ4v) is 3.45. The van der Waals surface area contributed by atoms with E-state index in [2.05, 4.69) is 27.7 Å². The Morgan fingerprint density at radius 1 is 1.07 bits per heavy atom. The van der Waals surface area contributed by atoms with Crippen LogP contribution in [0, 0.1) is 0 Å². The van der Waals surface area contributed by atoms with Gasteiger partial charge < -0.3 is 15.4 Å². The van der Waals surface area contributed by atoms with Crippen LogP contribution in [0.15, 0.2) is 60.7 Å². The van der Waals surface area contributed by atoms with Gasteiger partial charge in [-0.25, -0.2) is 0 Å². The Labute approximate surface area is 172 Å². The number of carbonyl (C=O) groups is 2. The Hall–Kier alpha value is -2.70. The lowest BCUT2D eigenvalue weighted by atomic mass is 10.1. The highest BCUT2D eigenvalue weighted by atomic mass is 16.5. The molecule has 2 aromatic rings. The summed E-state index contributed by atoms with van der Waals surface area (Å²) in [6.45, 7) is 5.61. The van der Waals surface area contributed by atoms with Gasteiger partial charge in [-0.05, 0) is 24.5 Å². The van der Waals surface area contributed by atoms with Gasteiger partial charge in [0, 0.05) is 26.2 Å². The number of hydrogen-bond donors (Lipinski definition) is 2. The second-order valence-corrected chi connectivity index (χ2v) is 7.29. The molecule has 1 fully saturated rings. The largest absolute Gasteiger partial charge is 0.371 e. The molecule has 3 rings (SSSR count). The topological polar surface area (TPSA) is 70.7 Å². The molecular weight excluding hydrogens is 366 g/mol. The second kappa shape index (κ2) is 10.7. The van der Waals surface area contributed by atoms with Crippen LogP contribution in [-0.4, -0.2) is 49.5 Å². The van der Waals surface area contributed by atoms with Crippen LogP contribution < -0.4 is 10.6 Å². The molecule has 0 saturated carbocycles. The molecule has 2 N–H and O–H groups in total. The highest BCUT2D eigenvalue weighted by Crippen LogP contribution is 2.21. The number of nitrogens with zero attached hydrogens (tertiary/aromatic N) is 1. The van der Waals surface area contributed by atoms with Gasteiger partial charge in [-0.3, -0.25) is 14.5 Å². The maximum Gasteiger partial charge on any atom is 0.309 e. The Morgan fingerprint density at radius 3 is 2.48 bits per heavy atom. The molecule has 2 atom stereocenters. The molecule has 154 valence electrons. The van der Waals surface area contributed by atoms with Crippen molar-refractivity contribution in [1.29, 1.82) is 0 Å². The highest BCUT2D eigenvalue weighted by Gasteiger charge is 2.21. The molecule has 1 saturated heterocycles. The number of amides is 2. The summed E-state index contributed by atoms with van der Waals surface area (Å²) in [6.07, 6.45) is 0.874. The minimum absolute atomic E-state index is 0.0878. The van der Waals surface area contributed by atoms with E-state index >= 15 is 0 Å². The Morgan fingerprint density at radius 2 is 1.76 bits per heavy atom. The minimum atomic E-state index is -0.600. The third kappa shape index (κ3) is 6.41. The van der Waals surface area contributed by atoms with E-state index < -0.39 is 11.8 Å². The maximum absolute atomic E-state index is 12.1. The maximum atomic E-state index is 12.1. The van der Waals surface area contributed by atoms with Crippen molar-refractivity contribution >= 4 is 11.8 Å². The quantitative estimate of drug-likeness (QED) is 0.558. The first-order valence-corrected chi connectivity index (χ1v) is 10.2.